The van der Waals surface area contributed by atoms with Crippen molar-refractivity contribution in [2.24, 2.45) is 5.92 Å². The van der Waals surface area contributed by atoms with Gasteiger partial charge in [0.25, 0.3) is 0 Å². The molecule has 3 rings (SSSR count). The second-order valence-electron chi connectivity index (χ2n) is 6.19. The Bertz CT molecular complexity index is 773. The van der Waals surface area contributed by atoms with E-state index < -0.39 is 0 Å². The molecule has 1 aliphatic carbocycles. The maximum absolute atomic E-state index is 12.3. The maximum Gasteiger partial charge on any atom is 0.338 e. The van der Waals surface area contributed by atoms with Crippen molar-refractivity contribution in [3.63, 3.8) is 0 Å². The lowest BCUT2D eigenvalue weighted by Crippen LogP contribution is -2.28. The van der Waals surface area contributed by atoms with Gasteiger partial charge in [-0.15, -0.1) is 0 Å². The first kappa shape index (κ1) is 17.7. The van der Waals surface area contributed by atoms with Crippen LogP contribution in [-0.2, 0) is 16.0 Å². The molecule has 1 aliphatic rings. The van der Waals surface area contributed by atoms with Gasteiger partial charge in [-0.2, -0.15) is 0 Å². The lowest BCUT2D eigenvalue weighted by atomic mass is 10.0. The van der Waals surface area contributed by atoms with E-state index >= 15 is 0 Å². The molecule has 0 unspecified atom stereocenters. The van der Waals surface area contributed by atoms with Crippen molar-refractivity contribution in [2.75, 3.05) is 13.7 Å². The first-order valence-electron chi connectivity index (χ1n) is 8.29. The number of halogens is 1. The maximum atomic E-state index is 12.3. The first-order valence-corrected chi connectivity index (χ1v) is 9.09. The predicted molar refractivity (Wildman–Crippen MR) is 99.5 cm³/mol. The summed E-state index contributed by atoms with van der Waals surface area (Å²) in [6.45, 7) is 0.510. The molecule has 1 N–H and O–H groups in total. The Morgan fingerprint density at radius 2 is 1.88 bits per heavy atom. The number of carbonyl (C=O) groups excluding carboxylic acids is 2. The zero-order valence-corrected chi connectivity index (χ0v) is 15.6. The van der Waals surface area contributed by atoms with Crippen molar-refractivity contribution in [3.05, 3.63) is 69.7 Å². The molecule has 0 saturated heterocycles. The Balaban J connectivity index is 1.51. The Morgan fingerprint density at radius 3 is 2.60 bits per heavy atom. The standard InChI is InChI=1S/C20H20BrNO3/c1-25-20(24)16-5-3-2-4-13(16)10-11-22-19(23)18-12-17(18)14-6-8-15(21)9-7-14/h2-9,17-18H,10-12H2,1H3,(H,22,23)/t17-,18+/m0/s1. The summed E-state index contributed by atoms with van der Waals surface area (Å²) >= 11 is 3.42. The van der Waals surface area contributed by atoms with Gasteiger partial charge in [-0.25, -0.2) is 4.79 Å². The molecule has 2 atom stereocenters. The molecule has 0 aromatic heterocycles. The summed E-state index contributed by atoms with van der Waals surface area (Å²) < 4.78 is 5.84. The van der Waals surface area contributed by atoms with Gasteiger partial charge in [0, 0.05) is 16.9 Å². The van der Waals surface area contributed by atoms with Crippen molar-refractivity contribution in [2.45, 2.75) is 18.8 Å². The van der Waals surface area contributed by atoms with Gasteiger partial charge in [0.15, 0.2) is 0 Å². The molecule has 5 heteroatoms. The average molecular weight is 402 g/mol. The van der Waals surface area contributed by atoms with Gasteiger partial charge >= 0.3 is 5.97 Å². The fourth-order valence-corrected chi connectivity index (χ4v) is 3.33. The number of amides is 1. The molecule has 0 radical (unpaired) electrons. The Morgan fingerprint density at radius 1 is 1.16 bits per heavy atom. The second-order valence-corrected chi connectivity index (χ2v) is 7.11. The predicted octanol–water partition coefficient (Wildman–Crippen LogP) is 3.70. The number of methoxy groups -OCH3 is 1. The molecule has 2 aromatic carbocycles. The molecule has 0 spiro atoms. The van der Waals surface area contributed by atoms with Crippen molar-refractivity contribution >= 4 is 27.8 Å². The Hall–Kier alpha value is -2.14. The molecule has 1 amide bonds. The average Bonchev–Trinajstić information content (AvgIpc) is 3.43. The number of hydrogen-bond acceptors (Lipinski definition) is 3. The monoisotopic (exact) mass is 401 g/mol. The molecular formula is C20H20BrNO3. The van der Waals surface area contributed by atoms with E-state index in [9.17, 15) is 9.59 Å². The highest BCUT2D eigenvalue weighted by Crippen LogP contribution is 2.47. The van der Waals surface area contributed by atoms with E-state index in [0.717, 1.165) is 16.5 Å². The van der Waals surface area contributed by atoms with E-state index in [1.807, 2.05) is 24.3 Å². The number of hydrogen-bond donors (Lipinski definition) is 1. The zero-order valence-electron chi connectivity index (χ0n) is 14.0. The Kier molecular flexibility index (Phi) is 5.53. The summed E-state index contributed by atoms with van der Waals surface area (Å²) in [5.41, 5.74) is 2.65. The fraction of sp³-hybridized carbons (Fsp3) is 0.300. The smallest absolute Gasteiger partial charge is 0.338 e. The van der Waals surface area contributed by atoms with Crippen LogP contribution in [0, 0.1) is 5.92 Å². The summed E-state index contributed by atoms with van der Waals surface area (Å²) in [5, 5.41) is 2.99. The summed E-state index contributed by atoms with van der Waals surface area (Å²) in [4.78, 5) is 24.1. The third-order valence-corrected chi connectivity index (χ3v) is 5.07. The highest BCUT2D eigenvalue weighted by atomic mass is 79.9. The van der Waals surface area contributed by atoms with Crippen molar-refractivity contribution in [3.8, 4) is 0 Å². The summed E-state index contributed by atoms with van der Waals surface area (Å²) in [5.74, 6) is 0.107. The Labute approximate surface area is 155 Å². The van der Waals surface area contributed by atoms with Gasteiger partial charge in [0.1, 0.15) is 0 Å². The normalized spacial score (nSPS) is 18.5. The molecule has 1 fully saturated rings. The minimum Gasteiger partial charge on any atom is -0.465 e. The summed E-state index contributed by atoms with van der Waals surface area (Å²) in [6, 6.07) is 15.5. The molecule has 2 aromatic rings. The lowest BCUT2D eigenvalue weighted by Gasteiger charge is -2.09. The molecule has 130 valence electrons. The SMILES string of the molecule is COC(=O)c1ccccc1CCNC(=O)[C@@H]1C[C@H]1c1ccc(Br)cc1. The van der Waals surface area contributed by atoms with Gasteiger partial charge < -0.3 is 10.1 Å². The van der Waals surface area contributed by atoms with Gasteiger partial charge in [0.05, 0.1) is 12.7 Å². The molecule has 0 bridgehead atoms. The van der Waals surface area contributed by atoms with Crippen LogP contribution in [0.5, 0.6) is 0 Å². The summed E-state index contributed by atoms with van der Waals surface area (Å²) in [7, 11) is 1.37. The number of ether oxygens (including phenoxy) is 1. The van der Waals surface area contributed by atoms with Gasteiger partial charge in [0.2, 0.25) is 5.91 Å². The van der Waals surface area contributed by atoms with Gasteiger partial charge in [-0.1, -0.05) is 46.3 Å². The zero-order chi connectivity index (χ0) is 17.8. The van der Waals surface area contributed by atoms with Crippen LogP contribution in [-0.4, -0.2) is 25.5 Å². The van der Waals surface area contributed by atoms with E-state index in [-0.39, 0.29) is 17.8 Å². The lowest BCUT2D eigenvalue weighted by molar-refractivity contribution is -0.122. The van der Waals surface area contributed by atoms with Crippen LogP contribution in [0.3, 0.4) is 0 Å². The largest absolute Gasteiger partial charge is 0.465 e. The van der Waals surface area contributed by atoms with E-state index in [1.165, 1.54) is 12.7 Å². The number of benzene rings is 2. The third-order valence-electron chi connectivity index (χ3n) is 4.54. The molecule has 1 saturated carbocycles. The van der Waals surface area contributed by atoms with E-state index in [1.54, 1.807) is 12.1 Å². The van der Waals surface area contributed by atoms with Crippen LogP contribution in [0.2, 0.25) is 0 Å². The highest BCUT2D eigenvalue weighted by Gasteiger charge is 2.43. The van der Waals surface area contributed by atoms with Crippen LogP contribution < -0.4 is 5.32 Å². The topological polar surface area (TPSA) is 55.4 Å². The van der Waals surface area contributed by atoms with Crippen molar-refractivity contribution in [1.29, 1.82) is 0 Å². The van der Waals surface area contributed by atoms with Crippen LogP contribution in [0.1, 0.15) is 33.8 Å². The van der Waals surface area contributed by atoms with Crippen LogP contribution in [0.15, 0.2) is 53.0 Å². The quantitative estimate of drug-likeness (QED) is 0.750. The van der Waals surface area contributed by atoms with Crippen LogP contribution in [0.4, 0.5) is 0 Å². The van der Waals surface area contributed by atoms with E-state index in [4.69, 9.17) is 4.74 Å². The summed E-state index contributed by atoms with van der Waals surface area (Å²) in [6.07, 6.45) is 1.50. The molecule has 0 heterocycles. The van der Waals surface area contributed by atoms with E-state index in [2.05, 4.69) is 33.4 Å². The second kappa shape index (κ2) is 7.83. The van der Waals surface area contributed by atoms with Crippen molar-refractivity contribution < 1.29 is 14.3 Å². The number of rotatable bonds is 6. The molecule has 4 nitrogen and oxygen atoms in total. The minimum absolute atomic E-state index is 0.0528. The van der Waals surface area contributed by atoms with E-state index in [0.29, 0.717) is 24.4 Å². The third kappa shape index (κ3) is 4.28. The first-order chi connectivity index (χ1) is 12.1. The van der Waals surface area contributed by atoms with Gasteiger partial charge in [-0.05, 0) is 48.1 Å². The number of nitrogens with one attached hydrogen (secondary N) is 1. The minimum atomic E-state index is -0.348. The van der Waals surface area contributed by atoms with Crippen LogP contribution >= 0.6 is 15.9 Å². The van der Waals surface area contributed by atoms with Crippen molar-refractivity contribution in [1.82, 2.24) is 5.32 Å². The highest BCUT2D eigenvalue weighted by molar-refractivity contribution is 9.10. The molecule has 25 heavy (non-hydrogen) atoms. The molecular weight excluding hydrogens is 382 g/mol. The number of carbonyl (C=O) groups is 2. The molecule has 0 aliphatic heterocycles. The number of esters is 1. The van der Waals surface area contributed by atoms with Gasteiger partial charge in [-0.3, -0.25) is 4.79 Å². The van der Waals surface area contributed by atoms with Crippen LogP contribution in [0.25, 0.3) is 0 Å². The fourth-order valence-electron chi connectivity index (χ4n) is 3.06.